The second kappa shape index (κ2) is 4.11. The number of hydrogen-bond acceptors (Lipinski definition) is 3. The summed E-state index contributed by atoms with van der Waals surface area (Å²) in [5.74, 6) is 1.05. The summed E-state index contributed by atoms with van der Waals surface area (Å²) < 4.78 is 5.32. The van der Waals surface area contributed by atoms with Crippen LogP contribution in [-0.4, -0.2) is 18.8 Å². The molecule has 0 bridgehead atoms. The third kappa shape index (κ3) is 1.92. The van der Waals surface area contributed by atoms with Crippen molar-refractivity contribution in [2.75, 3.05) is 13.7 Å². The highest BCUT2D eigenvalue weighted by Crippen LogP contribution is 2.36. The number of aromatic hydroxyl groups is 1. The van der Waals surface area contributed by atoms with E-state index in [9.17, 15) is 5.11 Å². The maximum atomic E-state index is 9.49. The first-order valence-electron chi connectivity index (χ1n) is 5.33. The van der Waals surface area contributed by atoms with Crippen LogP contribution in [0.1, 0.15) is 30.0 Å². The zero-order valence-corrected chi connectivity index (χ0v) is 9.21. The SMILES string of the molecule is COc1cc(O)cc(C)c1C1CCCN1. The van der Waals surface area contributed by atoms with Gasteiger partial charge in [-0.05, 0) is 37.9 Å². The van der Waals surface area contributed by atoms with Gasteiger partial charge in [0.2, 0.25) is 0 Å². The van der Waals surface area contributed by atoms with Gasteiger partial charge in [-0.25, -0.2) is 0 Å². The van der Waals surface area contributed by atoms with Crippen LogP contribution in [0.25, 0.3) is 0 Å². The van der Waals surface area contributed by atoms with Crippen molar-refractivity contribution in [1.29, 1.82) is 0 Å². The topological polar surface area (TPSA) is 41.5 Å². The Morgan fingerprint density at radius 2 is 2.27 bits per heavy atom. The van der Waals surface area contributed by atoms with Crippen molar-refractivity contribution in [2.45, 2.75) is 25.8 Å². The second-order valence-electron chi connectivity index (χ2n) is 4.03. The van der Waals surface area contributed by atoms with Crippen molar-refractivity contribution < 1.29 is 9.84 Å². The minimum absolute atomic E-state index is 0.270. The molecule has 1 heterocycles. The van der Waals surface area contributed by atoms with Gasteiger partial charge < -0.3 is 15.2 Å². The van der Waals surface area contributed by atoms with Crippen molar-refractivity contribution in [3.05, 3.63) is 23.3 Å². The van der Waals surface area contributed by atoms with Crippen LogP contribution in [0.3, 0.4) is 0 Å². The van der Waals surface area contributed by atoms with Crippen LogP contribution in [0.5, 0.6) is 11.5 Å². The standard InChI is InChI=1S/C12H17NO2/c1-8-6-9(14)7-11(15-2)12(8)10-4-3-5-13-10/h6-7,10,13-14H,3-5H2,1-2H3. The van der Waals surface area contributed by atoms with E-state index in [1.54, 1.807) is 19.2 Å². The van der Waals surface area contributed by atoms with E-state index >= 15 is 0 Å². The maximum Gasteiger partial charge on any atom is 0.127 e. The molecule has 1 atom stereocenters. The fourth-order valence-corrected chi connectivity index (χ4v) is 2.29. The monoisotopic (exact) mass is 207 g/mol. The second-order valence-corrected chi connectivity index (χ2v) is 4.03. The number of hydrogen-bond donors (Lipinski definition) is 2. The zero-order chi connectivity index (χ0) is 10.8. The van der Waals surface area contributed by atoms with Crippen molar-refractivity contribution in [3.8, 4) is 11.5 Å². The predicted molar refractivity (Wildman–Crippen MR) is 59.4 cm³/mol. The van der Waals surface area contributed by atoms with Crippen LogP contribution >= 0.6 is 0 Å². The van der Waals surface area contributed by atoms with E-state index in [0.29, 0.717) is 6.04 Å². The van der Waals surface area contributed by atoms with Crippen molar-refractivity contribution in [2.24, 2.45) is 0 Å². The first-order chi connectivity index (χ1) is 7.22. The van der Waals surface area contributed by atoms with Gasteiger partial charge in [-0.3, -0.25) is 0 Å². The van der Waals surface area contributed by atoms with Crippen molar-refractivity contribution in [3.63, 3.8) is 0 Å². The van der Waals surface area contributed by atoms with Gasteiger partial charge in [-0.1, -0.05) is 0 Å². The van der Waals surface area contributed by atoms with Crippen molar-refractivity contribution in [1.82, 2.24) is 5.32 Å². The molecule has 0 saturated carbocycles. The number of benzene rings is 1. The van der Waals surface area contributed by atoms with Crippen LogP contribution in [-0.2, 0) is 0 Å². The molecule has 0 radical (unpaired) electrons. The Kier molecular flexibility index (Phi) is 2.82. The van der Waals surface area contributed by atoms with Crippen LogP contribution < -0.4 is 10.1 Å². The zero-order valence-electron chi connectivity index (χ0n) is 9.21. The number of aryl methyl sites for hydroxylation is 1. The largest absolute Gasteiger partial charge is 0.508 e. The number of methoxy groups -OCH3 is 1. The maximum absolute atomic E-state index is 9.49. The first-order valence-corrected chi connectivity index (χ1v) is 5.33. The van der Waals surface area contributed by atoms with Gasteiger partial charge in [0.15, 0.2) is 0 Å². The third-order valence-electron chi connectivity index (χ3n) is 2.96. The Hall–Kier alpha value is -1.22. The minimum atomic E-state index is 0.270. The van der Waals surface area contributed by atoms with E-state index in [1.807, 2.05) is 6.92 Å². The van der Waals surface area contributed by atoms with Gasteiger partial charge in [0, 0.05) is 17.7 Å². The fourth-order valence-electron chi connectivity index (χ4n) is 2.29. The average molecular weight is 207 g/mol. The lowest BCUT2D eigenvalue weighted by Gasteiger charge is -2.18. The molecule has 1 aromatic carbocycles. The molecule has 0 amide bonds. The summed E-state index contributed by atoms with van der Waals surface area (Å²) in [4.78, 5) is 0. The lowest BCUT2D eigenvalue weighted by molar-refractivity contribution is 0.396. The highest BCUT2D eigenvalue weighted by molar-refractivity contribution is 5.47. The van der Waals surface area contributed by atoms with E-state index < -0.39 is 0 Å². The third-order valence-corrected chi connectivity index (χ3v) is 2.96. The number of phenolic OH excluding ortho intramolecular Hbond substituents is 1. The molecular formula is C12H17NO2. The van der Waals surface area contributed by atoms with Gasteiger partial charge in [0.05, 0.1) is 7.11 Å². The number of nitrogens with one attached hydrogen (secondary N) is 1. The lowest BCUT2D eigenvalue weighted by atomic mass is 9.98. The highest BCUT2D eigenvalue weighted by Gasteiger charge is 2.22. The van der Waals surface area contributed by atoms with E-state index in [-0.39, 0.29) is 5.75 Å². The van der Waals surface area contributed by atoms with Crippen LogP contribution in [0.2, 0.25) is 0 Å². The normalized spacial score (nSPS) is 20.5. The molecule has 2 rings (SSSR count). The van der Waals surface area contributed by atoms with E-state index in [1.165, 1.54) is 12.0 Å². The molecule has 1 aliphatic heterocycles. The Labute approximate surface area is 90.1 Å². The molecule has 3 nitrogen and oxygen atoms in total. The summed E-state index contributed by atoms with van der Waals surface area (Å²) in [5, 5.41) is 12.9. The summed E-state index contributed by atoms with van der Waals surface area (Å²) in [6.07, 6.45) is 2.34. The average Bonchev–Trinajstić information content (AvgIpc) is 2.69. The van der Waals surface area contributed by atoms with Crippen molar-refractivity contribution >= 4 is 0 Å². The van der Waals surface area contributed by atoms with Crippen LogP contribution in [0.15, 0.2) is 12.1 Å². The Morgan fingerprint density at radius 1 is 1.47 bits per heavy atom. The van der Waals surface area contributed by atoms with Gasteiger partial charge >= 0.3 is 0 Å². The fraction of sp³-hybridized carbons (Fsp3) is 0.500. The molecule has 1 aliphatic rings. The Morgan fingerprint density at radius 3 is 2.87 bits per heavy atom. The van der Waals surface area contributed by atoms with Gasteiger partial charge in [0.1, 0.15) is 11.5 Å². The van der Waals surface area contributed by atoms with Gasteiger partial charge in [-0.2, -0.15) is 0 Å². The van der Waals surface area contributed by atoms with E-state index in [0.717, 1.165) is 24.3 Å². The minimum Gasteiger partial charge on any atom is -0.508 e. The van der Waals surface area contributed by atoms with Gasteiger partial charge in [0.25, 0.3) is 0 Å². The molecule has 1 saturated heterocycles. The number of rotatable bonds is 2. The molecule has 0 aliphatic carbocycles. The molecule has 0 aromatic heterocycles. The molecule has 3 heteroatoms. The summed E-state index contributed by atoms with van der Waals surface area (Å²) in [5.41, 5.74) is 2.28. The van der Waals surface area contributed by atoms with Crippen LogP contribution in [0, 0.1) is 6.92 Å². The van der Waals surface area contributed by atoms with Crippen LogP contribution in [0.4, 0.5) is 0 Å². The molecule has 82 valence electrons. The number of phenols is 1. The smallest absolute Gasteiger partial charge is 0.127 e. The summed E-state index contributed by atoms with van der Waals surface area (Å²) in [6.45, 7) is 3.08. The molecular weight excluding hydrogens is 190 g/mol. The van der Waals surface area contributed by atoms with E-state index in [4.69, 9.17) is 4.74 Å². The summed E-state index contributed by atoms with van der Waals surface area (Å²) in [6, 6.07) is 3.85. The molecule has 2 N–H and O–H groups in total. The Balaban J connectivity index is 2.43. The molecule has 1 fully saturated rings. The highest BCUT2D eigenvalue weighted by atomic mass is 16.5. The number of ether oxygens (including phenoxy) is 1. The predicted octanol–water partition coefficient (Wildman–Crippen LogP) is 2.13. The Bertz CT molecular complexity index is 357. The molecule has 0 spiro atoms. The molecule has 1 unspecified atom stereocenters. The lowest BCUT2D eigenvalue weighted by Crippen LogP contribution is -2.15. The molecule has 1 aromatic rings. The van der Waals surface area contributed by atoms with E-state index in [2.05, 4.69) is 5.32 Å². The summed E-state index contributed by atoms with van der Waals surface area (Å²) >= 11 is 0. The quantitative estimate of drug-likeness (QED) is 0.780. The van der Waals surface area contributed by atoms with Gasteiger partial charge in [-0.15, -0.1) is 0 Å². The first kappa shape index (κ1) is 10.3. The molecule has 15 heavy (non-hydrogen) atoms. The summed E-state index contributed by atoms with van der Waals surface area (Å²) in [7, 11) is 1.65.